The van der Waals surface area contributed by atoms with Crippen LogP contribution in [0.15, 0.2) is 77.6 Å². The third kappa shape index (κ3) is 3.69. The molecule has 0 unspecified atom stereocenters. The lowest BCUT2D eigenvalue weighted by Crippen LogP contribution is -2.48. The first-order valence-electron chi connectivity index (χ1n) is 11.6. The van der Waals surface area contributed by atoms with Crippen LogP contribution in [0.25, 0.3) is 11.1 Å². The van der Waals surface area contributed by atoms with Crippen LogP contribution in [0.4, 0.5) is 0 Å². The normalized spacial score (nSPS) is 23.8. The highest BCUT2D eigenvalue weighted by molar-refractivity contribution is 5.82. The van der Waals surface area contributed by atoms with E-state index in [1.165, 1.54) is 0 Å². The number of nitrogens with zero attached hydrogens (tertiary/aromatic N) is 2. The summed E-state index contributed by atoms with van der Waals surface area (Å²) in [5.74, 6) is -0.282. The molecule has 2 aromatic carbocycles. The number of nitrogens with one attached hydrogen (secondary N) is 1. The number of likely N-dealkylation sites (tertiary alicyclic amines) is 1. The summed E-state index contributed by atoms with van der Waals surface area (Å²) in [5.41, 5.74) is 3.55. The number of hydrogen-bond acceptors (Lipinski definition) is 4. The number of likely N-dealkylation sites (N-methyl/N-ethyl adjacent to an activating group) is 1. The van der Waals surface area contributed by atoms with Crippen molar-refractivity contribution >= 4 is 5.91 Å². The Morgan fingerprint density at radius 1 is 1.03 bits per heavy atom. The molecule has 2 aliphatic heterocycles. The standard InChI is InChI=1S/C27H29N3O3/c1-2-29-24-21(22(17-31)25(29)26(32)28-15-18-9-5-3-6-10-18)16-30-23(24)14-13-20(27(30)33)19-11-7-4-8-12-19/h3-14,21-22,24-25,31H,2,15-17H2,1H3,(H,28,32)/t21-,22-,24+,25-/m1/s1. The van der Waals surface area contributed by atoms with Crippen molar-refractivity contribution in [2.45, 2.75) is 32.1 Å². The van der Waals surface area contributed by atoms with Crippen molar-refractivity contribution < 1.29 is 9.90 Å². The first kappa shape index (κ1) is 21.6. The average molecular weight is 444 g/mol. The maximum absolute atomic E-state index is 13.4. The summed E-state index contributed by atoms with van der Waals surface area (Å²) in [4.78, 5) is 28.8. The van der Waals surface area contributed by atoms with Crippen molar-refractivity contribution in [2.75, 3.05) is 13.2 Å². The largest absolute Gasteiger partial charge is 0.396 e. The molecule has 0 saturated carbocycles. The first-order valence-corrected chi connectivity index (χ1v) is 11.6. The number of amides is 1. The molecule has 0 aliphatic carbocycles. The molecule has 0 bridgehead atoms. The molecule has 2 aliphatic rings. The van der Waals surface area contributed by atoms with Crippen LogP contribution in [-0.4, -0.2) is 39.7 Å². The molecule has 1 saturated heterocycles. The third-order valence-corrected chi connectivity index (χ3v) is 7.22. The van der Waals surface area contributed by atoms with Gasteiger partial charge in [0.05, 0.1) is 12.1 Å². The van der Waals surface area contributed by atoms with Gasteiger partial charge in [-0.3, -0.25) is 14.5 Å². The predicted octanol–water partition coefficient (Wildman–Crippen LogP) is 2.82. The van der Waals surface area contributed by atoms with E-state index in [2.05, 4.69) is 10.2 Å². The SMILES string of the molecule is CCN1[C@@H]2c3ccc(-c4ccccc4)c(=O)n3C[C@@H]2[C@@H](CO)[C@@H]1C(=O)NCc1ccccc1. The molecule has 4 atom stereocenters. The Morgan fingerprint density at radius 3 is 2.39 bits per heavy atom. The third-order valence-electron chi connectivity index (χ3n) is 7.22. The van der Waals surface area contributed by atoms with Crippen LogP contribution in [0, 0.1) is 11.8 Å². The summed E-state index contributed by atoms with van der Waals surface area (Å²) in [7, 11) is 0. The van der Waals surface area contributed by atoms with Crippen LogP contribution in [0.3, 0.4) is 0 Å². The van der Waals surface area contributed by atoms with Gasteiger partial charge in [0.2, 0.25) is 5.91 Å². The lowest BCUT2D eigenvalue weighted by molar-refractivity contribution is -0.127. The molecule has 3 heterocycles. The molecule has 0 radical (unpaired) electrons. The summed E-state index contributed by atoms with van der Waals surface area (Å²) >= 11 is 0. The van der Waals surface area contributed by atoms with Crippen LogP contribution < -0.4 is 10.9 Å². The lowest BCUT2D eigenvalue weighted by atomic mass is 9.88. The van der Waals surface area contributed by atoms with Gasteiger partial charge in [-0.2, -0.15) is 0 Å². The summed E-state index contributed by atoms with van der Waals surface area (Å²) in [5, 5.41) is 13.4. The van der Waals surface area contributed by atoms with Gasteiger partial charge in [-0.25, -0.2) is 0 Å². The van der Waals surface area contributed by atoms with Crippen LogP contribution in [0.2, 0.25) is 0 Å². The van der Waals surface area contributed by atoms with Gasteiger partial charge >= 0.3 is 0 Å². The van der Waals surface area contributed by atoms with Crippen molar-refractivity contribution in [1.29, 1.82) is 0 Å². The van der Waals surface area contributed by atoms with E-state index in [4.69, 9.17) is 0 Å². The van der Waals surface area contributed by atoms with E-state index in [9.17, 15) is 14.7 Å². The first-order chi connectivity index (χ1) is 16.1. The summed E-state index contributed by atoms with van der Waals surface area (Å²) < 4.78 is 1.85. The van der Waals surface area contributed by atoms with E-state index < -0.39 is 6.04 Å². The smallest absolute Gasteiger partial charge is 0.258 e. The van der Waals surface area contributed by atoms with Crippen molar-refractivity contribution in [3.63, 3.8) is 0 Å². The Labute approximate surface area is 193 Å². The molecule has 6 nitrogen and oxygen atoms in total. The second-order valence-corrected chi connectivity index (χ2v) is 8.89. The summed E-state index contributed by atoms with van der Waals surface area (Å²) in [6.45, 7) is 3.58. The number of aliphatic hydroxyl groups is 1. The zero-order chi connectivity index (χ0) is 22.9. The molecule has 33 heavy (non-hydrogen) atoms. The van der Waals surface area contributed by atoms with Crippen LogP contribution in [0.1, 0.15) is 24.2 Å². The minimum absolute atomic E-state index is 0.00841. The Kier molecular flexibility index (Phi) is 5.87. The van der Waals surface area contributed by atoms with Crippen LogP contribution >= 0.6 is 0 Å². The number of pyridine rings is 1. The summed E-state index contributed by atoms with van der Waals surface area (Å²) in [6.07, 6.45) is 0. The average Bonchev–Trinajstić information content (AvgIpc) is 3.38. The summed E-state index contributed by atoms with van der Waals surface area (Å²) in [6, 6.07) is 23.0. The molecule has 6 heteroatoms. The molecular weight excluding hydrogens is 414 g/mol. The zero-order valence-electron chi connectivity index (χ0n) is 18.7. The molecule has 170 valence electrons. The number of rotatable bonds is 6. The quantitative estimate of drug-likeness (QED) is 0.615. The number of benzene rings is 2. The van der Waals surface area contributed by atoms with Crippen LogP contribution in [0.5, 0.6) is 0 Å². The van der Waals surface area contributed by atoms with E-state index >= 15 is 0 Å². The Hall–Kier alpha value is -3.22. The number of carbonyl (C=O) groups excluding carboxylic acids is 1. The fourth-order valence-corrected chi connectivity index (χ4v) is 5.71. The highest BCUT2D eigenvalue weighted by Crippen LogP contribution is 2.49. The van der Waals surface area contributed by atoms with Gasteiger partial charge in [-0.1, -0.05) is 67.6 Å². The van der Waals surface area contributed by atoms with Crippen molar-refractivity contribution in [3.05, 3.63) is 94.4 Å². The zero-order valence-corrected chi connectivity index (χ0v) is 18.7. The monoisotopic (exact) mass is 443 g/mol. The number of hydrogen-bond donors (Lipinski definition) is 2. The second-order valence-electron chi connectivity index (χ2n) is 8.89. The van der Waals surface area contributed by atoms with E-state index in [1.54, 1.807) is 0 Å². The molecule has 1 amide bonds. The number of fused-ring (bicyclic) bond motifs is 3. The molecule has 1 aromatic heterocycles. The fourth-order valence-electron chi connectivity index (χ4n) is 5.71. The number of aliphatic hydroxyl groups excluding tert-OH is 1. The Bertz CT molecular complexity index is 1190. The fraction of sp³-hybridized carbons (Fsp3) is 0.333. The van der Waals surface area contributed by atoms with Crippen molar-refractivity contribution in [2.24, 2.45) is 11.8 Å². The lowest BCUT2D eigenvalue weighted by Gasteiger charge is -2.29. The maximum atomic E-state index is 13.4. The highest BCUT2D eigenvalue weighted by atomic mass is 16.3. The minimum atomic E-state index is -0.420. The second kappa shape index (κ2) is 8.96. The van der Waals surface area contributed by atoms with Crippen LogP contribution in [-0.2, 0) is 17.9 Å². The van der Waals surface area contributed by atoms with Gasteiger partial charge in [0.25, 0.3) is 5.56 Å². The Morgan fingerprint density at radius 2 is 1.73 bits per heavy atom. The molecule has 1 fully saturated rings. The predicted molar refractivity (Wildman–Crippen MR) is 127 cm³/mol. The number of aromatic nitrogens is 1. The van der Waals surface area contributed by atoms with Gasteiger partial charge in [0.15, 0.2) is 0 Å². The molecular formula is C27H29N3O3. The maximum Gasteiger partial charge on any atom is 0.258 e. The molecule has 0 spiro atoms. The molecule has 3 aromatic rings. The van der Waals surface area contributed by atoms with Crippen molar-refractivity contribution in [3.8, 4) is 11.1 Å². The molecule has 5 rings (SSSR count). The van der Waals surface area contributed by atoms with Gasteiger partial charge in [0.1, 0.15) is 0 Å². The van der Waals surface area contributed by atoms with E-state index in [0.29, 0.717) is 25.2 Å². The van der Waals surface area contributed by atoms with E-state index in [-0.39, 0.29) is 36.0 Å². The minimum Gasteiger partial charge on any atom is -0.396 e. The van der Waals surface area contributed by atoms with Gasteiger partial charge in [0, 0.05) is 42.8 Å². The van der Waals surface area contributed by atoms with Gasteiger partial charge in [-0.05, 0) is 29.8 Å². The van der Waals surface area contributed by atoms with Crippen molar-refractivity contribution in [1.82, 2.24) is 14.8 Å². The Balaban J connectivity index is 1.44. The van der Waals surface area contributed by atoms with E-state index in [0.717, 1.165) is 16.8 Å². The highest BCUT2D eigenvalue weighted by Gasteiger charge is 2.54. The topological polar surface area (TPSA) is 74.6 Å². The van der Waals surface area contributed by atoms with E-state index in [1.807, 2.05) is 84.3 Å². The molecule has 2 N–H and O–H groups in total. The van der Waals surface area contributed by atoms with Gasteiger partial charge < -0.3 is 15.0 Å². The van der Waals surface area contributed by atoms with Gasteiger partial charge in [-0.15, -0.1) is 0 Å². The number of carbonyl (C=O) groups is 1.